The van der Waals surface area contributed by atoms with Gasteiger partial charge in [-0.25, -0.2) is 5.48 Å². The van der Waals surface area contributed by atoms with Gasteiger partial charge in [-0.15, -0.1) is 0 Å². The van der Waals surface area contributed by atoms with Gasteiger partial charge in [0.15, 0.2) is 5.11 Å². The van der Waals surface area contributed by atoms with Crippen LogP contribution in [0.1, 0.15) is 58.9 Å². The fraction of sp³-hybridized carbons (Fsp3) is 0.583. The van der Waals surface area contributed by atoms with E-state index in [0.717, 1.165) is 17.0 Å². The predicted molar refractivity (Wildman–Crippen MR) is 130 cm³/mol. The SMILES string of the molecule is CC(C)CC1NC(=S)N(NC(=O)[C@H](CC(C)C)[C@H](CCCc2ccccc2)C(=O)NO)C1=O. The van der Waals surface area contributed by atoms with Gasteiger partial charge in [0.2, 0.25) is 11.8 Å². The van der Waals surface area contributed by atoms with Gasteiger partial charge in [-0.2, -0.15) is 5.01 Å². The lowest BCUT2D eigenvalue weighted by molar-refractivity contribution is -0.144. The van der Waals surface area contributed by atoms with E-state index in [0.29, 0.717) is 25.7 Å². The molecule has 0 aliphatic carbocycles. The van der Waals surface area contributed by atoms with Gasteiger partial charge in [0.25, 0.3) is 5.91 Å². The highest BCUT2D eigenvalue weighted by atomic mass is 32.1. The summed E-state index contributed by atoms with van der Waals surface area (Å²) in [5, 5.41) is 13.5. The second-order valence-electron chi connectivity index (χ2n) is 9.48. The Balaban J connectivity index is 2.14. The number of thiocarbonyl (C=S) groups is 1. The van der Waals surface area contributed by atoms with Crippen LogP contribution < -0.4 is 16.2 Å². The highest BCUT2D eigenvalue weighted by molar-refractivity contribution is 7.80. The van der Waals surface area contributed by atoms with Crippen LogP contribution in [0.4, 0.5) is 0 Å². The van der Waals surface area contributed by atoms with E-state index in [9.17, 15) is 19.6 Å². The zero-order chi connectivity index (χ0) is 24.5. The third kappa shape index (κ3) is 7.78. The van der Waals surface area contributed by atoms with E-state index in [4.69, 9.17) is 12.2 Å². The van der Waals surface area contributed by atoms with Crippen LogP contribution in [-0.4, -0.2) is 39.1 Å². The maximum atomic E-state index is 13.3. The lowest BCUT2D eigenvalue weighted by Crippen LogP contribution is -2.51. The van der Waals surface area contributed by atoms with Gasteiger partial charge in [0.1, 0.15) is 6.04 Å². The number of rotatable bonds is 12. The second kappa shape index (κ2) is 12.6. The molecule has 1 aliphatic heterocycles. The first-order chi connectivity index (χ1) is 15.6. The summed E-state index contributed by atoms with van der Waals surface area (Å²) in [7, 11) is 0. The molecule has 0 aromatic heterocycles. The average molecular weight is 477 g/mol. The molecule has 4 N–H and O–H groups in total. The Morgan fingerprint density at radius 1 is 1.09 bits per heavy atom. The van der Waals surface area contributed by atoms with Gasteiger partial charge in [0, 0.05) is 0 Å². The van der Waals surface area contributed by atoms with Crippen molar-refractivity contribution in [1.82, 2.24) is 21.2 Å². The van der Waals surface area contributed by atoms with Gasteiger partial charge in [-0.1, -0.05) is 58.0 Å². The summed E-state index contributed by atoms with van der Waals surface area (Å²) in [5.41, 5.74) is 5.50. The Morgan fingerprint density at radius 3 is 2.33 bits per heavy atom. The molecular formula is C24H36N4O4S. The van der Waals surface area contributed by atoms with Crippen LogP contribution in [0.25, 0.3) is 0 Å². The molecule has 3 atom stereocenters. The first-order valence-corrected chi connectivity index (χ1v) is 12.0. The number of hydroxylamine groups is 1. The third-order valence-corrected chi connectivity index (χ3v) is 6.07. The lowest BCUT2D eigenvalue weighted by Gasteiger charge is -2.28. The van der Waals surface area contributed by atoms with E-state index in [1.165, 1.54) is 0 Å². The Labute approximate surface area is 201 Å². The number of amides is 3. The van der Waals surface area contributed by atoms with Crippen molar-refractivity contribution in [3.05, 3.63) is 35.9 Å². The lowest BCUT2D eigenvalue weighted by atomic mass is 9.81. The van der Waals surface area contributed by atoms with Crippen molar-refractivity contribution in [2.45, 2.75) is 65.8 Å². The van der Waals surface area contributed by atoms with E-state index < -0.39 is 29.7 Å². The minimum atomic E-state index is -0.744. The maximum absolute atomic E-state index is 13.3. The number of hydrogen-bond donors (Lipinski definition) is 4. The summed E-state index contributed by atoms with van der Waals surface area (Å²) in [5.74, 6) is -2.44. The topological polar surface area (TPSA) is 111 Å². The minimum absolute atomic E-state index is 0.122. The van der Waals surface area contributed by atoms with Crippen LogP contribution in [-0.2, 0) is 20.8 Å². The molecule has 3 amide bonds. The van der Waals surface area contributed by atoms with E-state index in [-0.39, 0.29) is 22.9 Å². The number of benzene rings is 1. The largest absolute Gasteiger partial charge is 0.349 e. The van der Waals surface area contributed by atoms with Gasteiger partial charge in [-0.3, -0.25) is 25.0 Å². The van der Waals surface area contributed by atoms with Crippen molar-refractivity contribution in [1.29, 1.82) is 0 Å². The highest BCUT2D eigenvalue weighted by Gasteiger charge is 2.40. The number of carbonyl (C=O) groups excluding carboxylic acids is 3. The summed E-state index contributed by atoms with van der Waals surface area (Å²) < 4.78 is 0. The predicted octanol–water partition coefficient (Wildman–Crippen LogP) is 2.96. The number of nitrogens with one attached hydrogen (secondary N) is 3. The first-order valence-electron chi connectivity index (χ1n) is 11.6. The molecule has 1 fully saturated rings. The Morgan fingerprint density at radius 2 is 1.76 bits per heavy atom. The maximum Gasteiger partial charge on any atom is 0.270 e. The molecule has 0 bridgehead atoms. The third-order valence-electron chi connectivity index (χ3n) is 5.77. The van der Waals surface area contributed by atoms with Crippen LogP contribution in [0, 0.1) is 23.7 Å². The molecule has 0 spiro atoms. The number of hydrazine groups is 1. The number of nitrogens with zero attached hydrogens (tertiary/aromatic N) is 1. The standard InChI is InChI=1S/C24H36N4O4S/c1-15(2)13-19(18(22(30)27-32)12-8-11-17-9-6-5-7-10-17)21(29)26-28-23(31)20(14-16(3)4)25-24(28)33/h5-7,9-10,15-16,18-20,32H,8,11-14H2,1-4H3,(H,25,33)(H,26,29)(H,27,30)/t18-,19+,20?/m0/s1. The van der Waals surface area contributed by atoms with Gasteiger partial charge in [0.05, 0.1) is 11.8 Å². The molecular weight excluding hydrogens is 440 g/mol. The Kier molecular flexibility index (Phi) is 10.2. The second-order valence-corrected chi connectivity index (χ2v) is 9.86. The van der Waals surface area contributed by atoms with E-state index >= 15 is 0 Å². The van der Waals surface area contributed by atoms with Crippen LogP contribution in [0.3, 0.4) is 0 Å². The molecule has 8 nitrogen and oxygen atoms in total. The molecule has 9 heteroatoms. The molecule has 182 valence electrons. The summed E-state index contributed by atoms with van der Waals surface area (Å²) in [6, 6.07) is 9.40. The van der Waals surface area contributed by atoms with Crippen LogP contribution in [0.2, 0.25) is 0 Å². The fourth-order valence-electron chi connectivity index (χ4n) is 4.19. The van der Waals surface area contributed by atoms with Crippen LogP contribution >= 0.6 is 12.2 Å². The van der Waals surface area contributed by atoms with Crippen molar-refractivity contribution in [2.24, 2.45) is 23.7 Å². The zero-order valence-corrected chi connectivity index (χ0v) is 20.7. The van der Waals surface area contributed by atoms with Crippen molar-refractivity contribution in [3.8, 4) is 0 Å². The van der Waals surface area contributed by atoms with E-state index in [1.807, 2.05) is 58.0 Å². The van der Waals surface area contributed by atoms with Gasteiger partial charge in [-0.05, 0) is 61.7 Å². The molecule has 1 heterocycles. The molecule has 1 aromatic carbocycles. The van der Waals surface area contributed by atoms with Crippen molar-refractivity contribution in [3.63, 3.8) is 0 Å². The Hall–Kier alpha value is -2.52. The van der Waals surface area contributed by atoms with Crippen molar-refractivity contribution >= 4 is 35.1 Å². The molecule has 33 heavy (non-hydrogen) atoms. The molecule has 1 saturated heterocycles. The molecule has 0 saturated carbocycles. The molecule has 1 aliphatic rings. The van der Waals surface area contributed by atoms with E-state index in [1.54, 1.807) is 5.48 Å². The smallest absolute Gasteiger partial charge is 0.270 e. The summed E-state index contributed by atoms with van der Waals surface area (Å²) in [6.07, 6.45) is 2.85. The summed E-state index contributed by atoms with van der Waals surface area (Å²) in [4.78, 5) is 38.6. The minimum Gasteiger partial charge on any atom is -0.349 e. The first kappa shape index (κ1) is 26.7. The quantitative estimate of drug-likeness (QED) is 0.210. The molecule has 0 radical (unpaired) electrons. The van der Waals surface area contributed by atoms with Crippen molar-refractivity contribution < 1.29 is 19.6 Å². The van der Waals surface area contributed by atoms with Gasteiger partial charge < -0.3 is 5.32 Å². The van der Waals surface area contributed by atoms with E-state index in [2.05, 4.69) is 10.7 Å². The number of carbonyl (C=O) groups is 3. The monoisotopic (exact) mass is 476 g/mol. The number of aryl methyl sites for hydroxylation is 1. The average Bonchev–Trinajstić information content (AvgIpc) is 3.02. The van der Waals surface area contributed by atoms with Crippen LogP contribution in [0.15, 0.2) is 30.3 Å². The summed E-state index contributed by atoms with van der Waals surface area (Å²) >= 11 is 5.26. The normalized spacial score (nSPS) is 17.8. The summed E-state index contributed by atoms with van der Waals surface area (Å²) in [6.45, 7) is 7.94. The highest BCUT2D eigenvalue weighted by Crippen LogP contribution is 2.27. The Bertz CT molecular complexity index is 831. The zero-order valence-electron chi connectivity index (χ0n) is 19.8. The van der Waals surface area contributed by atoms with Crippen LogP contribution in [0.5, 0.6) is 0 Å². The molecule has 2 rings (SSSR count). The number of hydrogen-bond acceptors (Lipinski definition) is 5. The molecule has 1 aromatic rings. The van der Waals surface area contributed by atoms with Gasteiger partial charge >= 0.3 is 0 Å². The van der Waals surface area contributed by atoms with Crippen molar-refractivity contribution in [2.75, 3.05) is 0 Å². The fourth-order valence-corrected chi connectivity index (χ4v) is 4.47. The molecule has 1 unspecified atom stereocenters.